The Bertz CT molecular complexity index is 1770. The summed E-state index contributed by atoms with van der Waals surface area (Å²) in [6, 6.07) is 9.28. The Kier molecular flexibility index (Phi) is 7.28. The Balaban J connectivity index is 1.42. The molecule has 1 unspecified atom stereocenters. The van der Waals surface area contributed by atoms with Crippen molar-refractivity contribution >= 4 is 48.8 Å². The number of esters is 1. The Morgan fingerprint density at radius 2 is 1.79 bits per heavy atom. The molecule has 3 aliphatic rings. The van der Waals surface area contributed by atoms with Gasteiger partial charge < -0.3 is 14.9 Å². The van der Waals surface area contributed by atoms with Gasteiger partial charge in [0.1, 0.15) is 11.4 Å². The summed E-state index contributed by atoms with van der Waals surface area (Å²) in [4.78, 5) is 29.3. The van der Waals surface area contributed by atoms with Gasteiger partial charge >= 0.3 is 12.1 Å². The second kappa shape index (κ2) is 10.7. The molecule has 1 aromatic carbocycles. The number of hydrogen-bond acceptors (Lipinski definition) is 9. The molecule has 1 aliphatic heterocycles. The van der Waals surface area contributed by atoms with Crippen LogP contribution < -0.4 is 10.0 Å². The largest absolute Gasteiger partial charge is 0.437 e. The Morgan fingerprint density at radius 1 is 1.10 bits per heavy atom. The van der Waals surface area contributed by atoms with Crippen molar-refractivity contribution in [3.05, 3.63) is 47.0 Å². The number of primary amides is 1. The molecule has 13 heteroatoms. The molecule has 6 rings (SSSR count). The number of carbonyl (C=O) groups is 2. The third kappa shape index (κ3) is 5.76. The molecule has 1 amide bonds. The number of pyridine rings is 1. The van der Waals surface area contributed by atoms with E-state index in [1.807, 2.05) is 24.3 Å². The van der Waals surface area contributed by atoms with Gasteiger partial charge in [-0.1, -0.05) is 24.3 Å². The van der Waals surface area contributed by atoms with E-state index in [-0.39, 0.29) is 41.1 Å². The predicted molar refractivity (Wildman–Crippen MR) is 157 cm³/mol. The summed E-state index contributed by atoms with van der Waals surface area (Å²) in [6.45, 7) is 0.0514. The summed E-state index contributed by atoms with van der Waals surface area (Å²) in [6.07, 6.45) is 5.62. The quantitative estimate of drug-likeness (QED) is 0.253. The van der Waals surface area contributed by atoms with E-state index < -0.39 is 37.2 Å². The summed E-state index contributed by atoms with van der Waals surface area (Å²) in [5, 5.41) is -0.173. The van der Waals surface area contributed by atoms with E-state index in [1.165, 1.54) is 9.87 Å². The highest BCUT2D eigenvalue weighted by Crippen LogP contribution is 2.47. The molecule has 0 bridgehead atoms. The second-order valence-corrected chi connectivity index (χ2v) is 15.9. The first-order chi connectivity index (χ1) is 19.9. The number of fused-ring (bicyclic) bond motifs is 1. The van der Waals surface area contributed by atoms with Crippen LogP contribution in [0.4, 0.5) is 10.6 Å². The van der Waals surface area contributed by atoms with E-state index in [9.17, 15) is 26.4 Å². The lowest BCUT2D eigenvalue weighted by Crippen LogP contribution is -2.33. The van der Waals surface area contributed by atoms with Crippen molar-refractivity contribution in [2.24, 2.45) is 5.73 Å². The minimum atomic E-state index is -3.81. The number of nitrogens with zero attached hydrogens (tertiary/aromatic N) is 2. The van der Waals surface area contributed by atoms with E-state index in [0.717, 1.165) is 31.9 Å². The van der Waals surface area contributed by atoms with Crippen molar-refractivity contribution in [2.75, 3.05) is 22.9 Å². The van der Waals surface area contributed by atoms with Crippen LogP contribution in [-0.4, -0.2) is 57.7 Å². The number of amides is 1. The molecule has 0 spiro atoms. The summed E-state index contributed by atoms with van der Waals surface area (Å²) in [5.41, 5.74) is 7.54. The molecule has 1 saturated heterocycles. The van der Waals surface area contributed by atoms with Gasteiger partial charge in [0, 0.05) is 12.1 Å². The van der Waals surface area contributed by atoms with Gasteiger partial charge in [0.05, 0.1) is 22.6 Å². The third-order valence-electron chi connectivity index (χ3n) is 8.31. The van der Waals surface area contributed by atoms with Gasteiger partial charge in [-0.3, -0.25) is 4.31 Å². The Hall–Kier alpha value is -3.45. The molecule has 3 heterocycles. The normalized spacial score (nSPS) is 20.1. The van der Waals surface area contributed by atoms with Crippen LogP contribution in [0.3, 0.4) is 0 Å². The van der Waals surface area contributed by atoms with Crippen molar-refractivity contribution < 1.29 is 35.6 Å². The molecule has 0 radical (unpaired) electrons. The maximum Gasteiger partial charge on any atom is 0.412 e. The van der Waals surface area contributed by atoms with Crippen LogP contribution >= 0.6 is 0 Å². The van der Waals surface area contributed by atoms with E-state index >= 15 is 0 Å². The SMILES string of the molecule is CS(=O)(=O)N(CCCC1CCCS1(=O)=O)c1nc2oc(-c3ccc(C4CC4)cc3)c(C(=O)OC(N)=O)c2cc1C1CC1. The van der Waals surface area contributed by atoms with Gasteiger partial charge in [-0.25, -0.2) is 26.4 Å². The number of furan rings is 1. The molecule has 2 aromatic heterocycles. The van der Waals surface area contributed by atoms with Crippen LogP contribution in [0.2, 0.25) is 0 Å². The molecule has 3 fully saturated rings. The minimum absolute atomic E-state index is 0.0127. The number of anilines is 1. The van der Waals surface area contributed by atoms with E-state index in [2.05, 4.69) is 4.98 Å². The molecule has 224 valence electrons. The topological polar surface area (TPSA) is 167 Å². The maximum absolute atomic E-state index is 13.1. The summed E-state index contributed by atoms with van der Waals surface area (Å²) in [5.74, 6) is 0.0600. The smallest absolute Gasteiger partial charge is 0.412 e. The van der Waals surface area contributed by atoms with Crippen LogP contribution in [0.5, 0.6) is 0 Å². The van der Waals surface area contributed by atoms with Crippen LogP contribution in [0.15, 0.2) is 34.7 Å². The molecule has 3 aromatic rings. The minimum Gasteiger partial charge on any atom is -0.437 e. The van der Waals surface area contributed by atoms with E-state index in [1.54, 1.807) is 6.07 Å². The van der Waals surface area contributed by atoms with Gasteiger partial charge in [-0.05, 0) is 80.4 Å². The van der Waals surface area contributed by atoms with Crippen LogP contribution in [-0.2, 0) is 24.6 Å². The zero-order valence-corrected chi connectivity index (χ0v) is 24.9. The number of rotatable bonds is 10. The van der Waals surface area contributed by atoms with E-state index in [4.69, 9.17) is 14.9 Å². The van der Waals surface area contributed by atoms with Gasteiger partial charge in [0.15, 0.2) is 15.6 Å². The number of carbonyl (C=O) groups excluding carboxylic acids is 2. The molecule has 42 heavy (non-hydrogen) atoms. The van der Waals surface area contributed by atoms with Crippen LogP contribution in [0.1, 0.15) is 84.7 Å². The zero-order valence-electron chi connectivity index (χ0n) is 23.2. The first-order valence-electron chi connectivity index (χ1n) is 14.2. The van der Waals surface area contributed by atoms with E-state index in [0.29, 0.717) is 48.1 Å². The monoisotopic (exact) mass is 615 g/mol. The van der Waals surface area contributed by atoms with Gasteiger partial charge in [-0.15, -0.1) is 0 Å². The summed E-state index contributed by atoms with van der Waals surface area (Å²) >= 11 is 0. The average Bonchev–Trinajstić information content (AvgIpc) is 3.85. The molecule has 2 aliphatic carbocycles. The van der Waals surface area contributed by atoms with Crippen molar-refractivity contribution in [3.63, 3.8) is 0 Å². The summed E-state index contributed by atoms with van der Waals surface area (Å²) < 4.78 is 62.8. The predicted octanol–water partition coefficient (Wildman–Crippen LogP) is 4.61. The molecule has 1 atom stereocenters. The molecule has 11 nitrogen and oxygen atoms in total. The zero-order chi connectivity index (χ0) is 29.8. The number of aromatic nitrogens is 1. The number of ether oxygens (including phenoxy) is 1. The highest BCUT2D eigenvalue weighted by Gasteiger charge is 2.36. The summed E-state index contributed by atoms with van der Waals surface area (Å²) in [7, 11) is -6.96. The fourth-order valence-corrected chi connectivity index (χ4v) is 8.74. The van der Waals surface area contributed by atoms with Crippen molar-refractivity contribution in [1.82, 2.24) is 4.98 Å². The number of hydrogen-bond donors (Lipinski definition) is 1. The van der Waals surface area contributed by atoms with Crippen LogP contribution in [0, 0.1) is 0 Å². The Labute approximate surface area is 244 Å². The molecular weight excluding hydrogens is 582 g/mol. The lowest BCUT2D eigenvalue weighted by molar-refractivity contribution is 0.0640. The first kappa shape index (κ1) is 28.7. The van der Waals surface area contributed by atoms with Crippen LogP contribution in [0.25, 0.3) is 22.4 Å². The highest BCUT2D eigenvalue weighted by atomic mass is 32.2. The lowest BCUT2D eigenvalue weighted by Gasteiger charge is -2.24. The molecule has 2 N–H and O–H groups in total. The van der Waals surface area contributed by atoms with Crippen molar-refractivity contribution in [1.29, 1.82) is 0 Å². The number of nitrogens with two attached hydrogens (primary N) is 1. The number of sulfonamides is 1. The second-order valence-electron chi connectivity index (χ2n) is 11.5. The fraction of sp³-hybridized carbons (Fsp3) is 0.483. The van der Waals surface area contributed by atoms with Gasteiger partial charge in [0.2, 0.25) is 15.7 Å². The van der Waals surface area contributed by atoms with Crippen molar-refractivity contribution in [2.45, 2.75) is 68.5 Å². The Morgan fingerprint density at radius 3 is 2.36 bits per heavy atom. The number of sulfone groups is 1. The fourth-order valence-electron chi connectivity index (χ4n) is 5.87. The maximum atomic E-state index is 13.1. The first-order valence-corrected chi connectivity index (χ1v) is 17.8. The third-order valence-corrected chi connectivity index (χ3v) is 11.8. The van der Waals surface area contributed by atoms with Gasteiger partial charge in [-0.2, -0.15) is 4.98 Å². The molecular formula is C29H33N3O8S2. The standard InChI is InChI=1S/C29H33N3O8S2/c1-41(35,36)32(14-2-4-21-5-3-15-42(21,37)38)26-22(19-10-11-19)16-23-24(28(33)40-29(30)34)25(39-27(23)31-26)20-12-8-18(9-13-20)17-6-7-17/h8-9,12-13,16-17,19,21H,2-7,10-11,14-15H2,1H3,(H2,30,34). The van der Waals surface area contributed by atoms with Gasteiger partial charge in [0.25, 0.3) is 0 Å². The average molecular weight is 616 g/mol. The lowest BCUT2D eigenvalue weighted by atomic mass is 10.0. The molecule has 2 saturated carbocycles. The number of benzene rings is 1. The van der Waals surface area contributed by atoms with Crippen molar-refractivity contribution in [3.8, 4) is 11.3 Å². The highest BCUT2D eigenvalue weighted by molar-refractivity contribution is 7.92.